The second kappa shape index (κ2) is 9.46. The minimum atomic E-state index is -3.93. The third kappa shape index (κ3) is 4.75. The zero-order chi connectivity index (χ0) is 21.7. The number of methoxy groups -OCH3 is 1. The Bertz CT molecular complexity index is 960. The molecule has 0 aromatic heterocycles. The third-order valence-corrected chi connectivity index (χ3v) is 7.14. The summed E-state index contributed by atoms with van der Waals surface area (Å²) in [7, 11) is -2.35. The number of carbonyl (C=O) groups is 1. The van der Waals surface area contributed by atoms with Gasteiger partial charge in [0.1, 0.15) is 23.3 Å². The highest BCUT2D eigenvalue weighted by Crippen LogP contribution is 2.30. The van der Waals surface area contributed by atoms with Gasteiger partial charge in [0, 0.05) is 6.54 Å². The van der Waals surface area contributed by atoms with E-state index in [0.29, 0.717) is 30.1 Å². The van der Waals surface area contributed by atoms with E-state index >= 15 is 0 Å². The molecule has 1 fully saturated rings. The third-order valence-electron chi connectivity index (χ3n) is 5.24. The van der Waals surface area contributed by atoms with Crippen LogP contribution in [-0.4, -0.2) is 43.5 Å². The summed E-state index contributed by atoms with van der Waals surface area (Å²) >= 11 is 0. The van der Waals surface area contributed by atoms with Crippen molar-refractivity contribution in [1.82, 2.24) is 9.79 Å². The molecule has 8 nitrogen and oxygen atoms in total. The molecule has 2 aromatic rings. The van der Waals surface area contributed by atoms with Crippen molar-refractivity contribution in [2.45, 2.75) is 37.1 Å². The molecule has 0 bridgehead atoms. The number of sulfonamides is 1. The molecule has 1 saturated heterocycles. The van der Waals surface area contributed by atoms with Crippen LogP contribution in [0.15, 0.2) is 53.4 Å². The van der Waals surface area contributed by atoms with E-state index in [2.05, 4.69) is 0 Å². The fourth-order valence-electron chi connectivity index (χ4n) is 3.63. The van der Waals surface area contributed by atoms with Crippen LogP contribution < -0.4 is 15.0 Å². The van der Waals surface area contributed by atoms with Crippen LogP contribution in [0.2, 0.25) is 0 Å². The quantitative estimate of drug-likeness (QED) is 0.534. The molecular formula is C21H26N2O6S. The largest absolute Gasteiger partial charge is 0.497 e. The maximum Gasteiger partial charge on any atom is 0.262 e. The first-order chi connectivity index (χ1) is 14.4. The number of hydroxylamine groups is 1. The van der Waals surface area contributed by atoms with Crippen LogP contribution in [-0.2, 0) is 14.8 Å². The molecule has 162 valence electrons. The molecule has 0 spiro atoms. The van der Waals surface area contributed by atoms with Gasteiger partial charge in [-0.1, -0.05) is 13.3 Å². The van der Waals surface area contributed by atoms with E-state index in [4.69, 9.17) is 14.7 Å². The van der Waals surface area contributed by atoms with Gasteiger partial charge in [0.15, 0.2) is 0 Å². The topological polar surface area (TPSA) is 105 Å². The molecule has 1 heterocycles. The van der Waals surface area contributed by atoms with Crippen molar-refractivity contribution in [3.05, 3.63) is 48.5 Å². The molecule has 0 saturated carbocycles. The fraction of sp³-hybridized carbons (Fsp3) is 0.381. The van der Waals surface area contributed by atoms with Gasteiger partial charge in [-0.25, -0.2) is 13.9 Å². The molecule has 0 radical (unpaired) electrons. The lowest BCUT2D eigenvalue weighted by atomic mass is 9.97. The summed E-state index contributed by atoms with van der Waals surface area (Å²) in [6.45, 7) is 2.04. The average molecular weight is 435 g/mol. The van der Waals surface area contributed by atoms with Crippen LogP contribution in [0.1, 0.15) is 26.2 Å². The number of hydrogen-bond donors (Lipinski definition) is 2. The van der Waals surface area contributed by atoms with Gasteiger partial charge in [0.2, 0.25) is 10.0 Å². The van der Waals surface area contributed by atoms with Gasteiger partial charge in [0.05, 0.1) is 12.0 Å². The zero-order valence-corrected chi connectivity index (χ0v) is 17.8. The normalized spacial score (nSPS) is 20.2. The lowest BCUT2D eigenvalue weighted by Crippen LogP contribution is -2.51. The Kier molecular flexibility index (Phi) is 6.96. The number of amides is 1. The van der Waals surface area contributed by atoms with Crippen molar-refractivity contribution in [2.24, 2.45) is 5.92 Å². The summed E-state index contributed by atoms with van der Waals surface area (Å²) in [4.78, 5) is 12.3. The van der Waals surface area contributed by atoms with E-state index in [1.165, 1.54) is 16.4 Å². The van der Waals surface area contributed by atoms with Gasteiger partial charge in [-0.15, -0.1) is 0 Å². The molecule has 2 aromatic carbocycles. The lowest BCUT2D eigenvalue weighted by molar-refractivity contribution is -0.134. The van der Waals surface area contributed by atoms with Crippen molar-refractivity contribution in [3.8, 4) is 17.2 Å². The molecule has 9 heteroatoms. The maximum absolute atomic E-state index is 13.3. The van der Waals surface area contributed by atoms with E-state index in [1.807, 2.05) is 6.92 Å². The van der Waals surface area contributed by atoms with Gasteiger partial charge in [-0.3, -0.25) is 10.0 Å². The first kappa shape index (κ1) is 22.1. The minimum Gasteiger partial charge on any atom is -0.497 e. The molecule has 1 aliphatic rings. The van der Waals surface area contributed by atoms with Crippen molar-refractivity contribution < 1.29 is 27.9 Å². The molecule has 30 heavy (non-hydrogen) atoms. The number of hydrogen-bond acceptors (Lipinski definition) is 6. The van der Waals surface area contributed by atoms with E-state index in [-0.39, 0.29) is 17.4 Å². The summed E-state index contributed by atoms with van der Waals surface area (Å²) in [5, 5.41) is 9.11. The van der Waals surface area contributed by atoms with Gasteiger partial charge in [-0.2, -0.15) is 4.31 Å². The highest BCUT2D eigenvalue weighted by molar-refractivity contribution is 7.89. The highest BCUT2D eigenvalue weighted by atomic mass is 32.2. The van der Waals surface area contributed by atoms with E-state index in [0.717, 1.165) is 6.42 Å². The van der Waals surface area contributed by atoms with Crippen molar-refractivity contribution >= 4 is 15.9 Å². The number of rotatable bonds is 6. The summed E-state index contributed by atoms with van der Waals surface area (Å²) in [5.41, 5.74) is 1.62. The Morgan fingerprint density at radius 3 is 2.17 bits per heavy atom. The van der Waals surface area contributed by atoms with Crippen LogP contribution in [0, 0.1) is 5.92 Å². The summed E-state index contributed by atoms with van der Waals surface area (Å²) in [6.07, 6.45) is 2.17. The monoisotopic (exact) mass is 434 g/mol. The van der Waals surface area contributed by atoms with Crippen LogP contribution in [0.25, 0.3) is 0 Å². The van der Waals surface area contributed by atoms with E-state index < -0.39 is 22.0 Å². The molecule has 1 aliphatic heterocycles. The Hall–Kier alpha value is -2.62. The van der Waals surface area contributed by atoms with E-state index in [9.17, 15) is 13.2 Å². The predicted molar refractivity (Wildman–Crippen MR) is 110 cm³/mol. The van der Waals surface area contributed by atoms with Crippen molar-refractivity contribution in [3.63, 3.8) is 0 Å². The Morgan fingerprint density at radius 2 is 1.60 bits per heavy atom. The highest BCUT2D eigenvalue weighted by Gasteiger charge is 2.40. The van der Waals surface area contributed by atoms with Crippen LogP contribution in [0.5, 0.6) is 17.2 Å². The fourth-order valence-corrected chi connectivity index (χ4v) is 5.36. The summed E-state index contributed by atoms with van der Waals surface area (Å²) < 4.78 is 38.6. The van der Waals surface area contributed by atoms with Crippen molar-refractivity contribution in [2.75, 3.05) is 13.7 Å². The Morgan fingerprint density at radius 1 is 1.03 bits per heavy atom. The molecular weight excluding hydrogens is 408 g/mol. The Balaban J connectivity index is 1.83. The number of nitrogens with one attached hydrogen (secondary N) is 1. The average Bonchev–Trinajstić information content (AvgIpc) is 2.96. The molecule has 1 amide bonds. The molecule has 2 N–H and O–H groups in total. The number of benzene rings is 2. The smallest absolute Gasteiger partial charge is 0.262 e. The van der Waals surface area contributed by atoms with Crippen LogP contribution in [0.4, 0.5) is 0 Å². The van der Waals surface area contributed by atoms with Gasteiger partial charge < -0.3 is 9.47 Å². The first-order valence-electron chi connectivity index (χ1n) is 9.74. The standard InChI is InChI=1S/C21H26N2O6S/c1-15-5-3-4-14-23(20(15)21(24)22-25)30(26,27)19-12-10-18(11-13-19)29-17-8-6-16(28-2)7-9-17/h6-13,15,20,25H,3-5,14H2,1-2H3,(H,22,24). The molecule has 3 rings (SSSR count). The van der Waals surface area contributed by atoms with Gasteiger partial charge >= 0.3 is 0 Å². The van der Waals surface area contributed by atoms with E-state index in [1.54, 1.807) is 49.0 Å². The molecule has 2 atom stereocenters. The number of nitrogens with zero attached hydrogens (tertiary/aromatic N) is 1. The second-order valence-electron chi connectivity index (χ2n) is 7.26. The lowest BCUT2D eigenvalue weighted by Gasteiger charge is -2.30. The zero-order valence-electron chi connectivity index (χ0n) is 16.9. The molecule has 2 unspecified atom stereocenters. The maximum atomic E-state index is 13.3. The predicted octanol–water partition coefficient (Wildman–Crippen LogP) is 3.17. The van der Waals surface area contributed by atoms with Gasteiger partial charge in [-0.05, 0) is 67.3 Å². The number of ether oxygens (including phenoxy) is 2. The summed E-state index contributed by atoms with van der Waals surface area (Å²) in [6, 6.07) is 12.1. The molecule has 0 aliphatic carbocycles. The number of carbonyl (C=O) groups excluding carboxylic acids is 1. The van der Waals surface area contributed by atoms with Crippen LogP contribution in [0.3, 0.4) is 0 Å². The van der Waals surface area contributed by atoms with Crippen LogP contribution >= 0.6 is 0 Å². The second-order valence-corrected chi connectivity index (χ2v) is 9.15. The SMILES string of the molecule is COc1ccc(Oc2ccc(S(=O)(=O)N3CCCCC(C)C3C(=O)NO)cc2)cc1. The minimum absolute atomic E-state index is 0.0643. The van der Waals surface area contributed by atoms with Gasteiger partial charge in [0.25, 0.3) is 5.91 Å². The van der Waals surface area contributed by atoms with Crippen molar-refractivity contribution in [1.29, 1.82) is 0 Å². The summed E-state index contributed by atoms with van der Waals surface area (Å²) in [5.74, 6) is 0.844. The first-order valence-corrected chi connectivity index (χ1v) is 11.2. The Labute approximate surface area is 176 Å².